The Bertz CT molecular complexity index is 830. The average molecular weight is 404 g/mol. The topological polar surface area (TPSA) is 78.0 Å². The van der Waals surface area contributed by atoms with E-state index in [0.29, 0.717) is 17.2 Å². The smallest absolute Gasteiger partial charge is 0.312 e. The lowest BCUT2D eigenvalue weighted by molar-refractivity contribution is -0.151. The second kappa shape index (κ2) is 9.54. The van der Waals surface area contributed by atoms with Crippen molar-refractivity contribution >= 4 is 23.2 Å². The third kappa shape index (κ3) is 5.01. The number of hydrogen-bond donors (Lipinski definition) is 0. The predicted octanol–water partition coefficient (Wildman–Crippen LogP) is 2.93. The first kappa shape index (κ1) is 20.1. The molecule has 1 fully saturated rings. The summed E-state index contributed by atoms with van der Waals surface area (Å²) >= 11 is 1.43. The second-order valence-electron chi connectivity index (χ2n) is 6.49. The van der Waals surface area contributed by atoms with Crippen molar-refractivity contribution in [2.45, 2.75) is 25.7 Å². The van der Waals surface area contributed by atoms with Gasteiger partial charge in [0.1, 0.15) is 5.01 Å². The fourth-order valence-electron chi connectivity index (χ4n) is 3.07. The number of hydrogen-bond acceptors (Lipinski definition) is 7. The van der Waals surface area contributed by atoms with E-state index in [-0.39, 0.29) is 18.9 Å². The lowest BCUT2D eigenvalue weighted by atomic mass is 10.1. The Balaban J connectivity index is 1.55. The van der Waals surface area contributed by atoms with Gasteiger partial charge >= 0.3 is 5.97 Å². The summed E-state index contributed by atoms with van der Waals surface area (Å²) in [6.45, 7) is 1.29. The second-order valence-corrected chi connectivity index (χ2v) is 7.35. The van der Waals surface area contributed by atoms with Crippen molar-refractivity contribution in [2.75, 3.05) is 33.9 Å². The van der Waals surface area contributed by atoms with Gasteiger partial charge in [0.25, 0.3) is 5.91 Å². The largest absolute Gasteiger partial charge is 0.493 e. The number of ether oxygens (including phenoxy) is 3. The van der Waals surface area contributed by atoms with Gasteiger partial charge in [0.05, 0.1) is 26.3 Å². The zero-order chi connectivity index (χ0) is 19.9. The third-order valence-electron chi connectivity index (χ3n) is 4.57. The van der Waals surface area contributed by atoms with E-state index in [1.54, 1.807) is 19.1 Å². The van der Waals surface area contributed by atoms with Gasteiger partial charge in [-0.2, -0.15) is 0 Å². The number of piperidine rings is 1. The van der Waals surface area contributed by atoms with Crippen LogP contribution in [0.15, 0.2) is 23.6 Å². The monoisotopic (exact) mass is 404 g/mol. The van der Waals surface area contributed by atoms with E-state index in [1.165, 1.54) is 11.3 Å². The molecule has 2 heterocycles. The van der Waals surface area contributed by atoms with Crippen molar-refractivity contribution in [3.63, 3.8) is 0 Å². The Kier molecular flexibility index (Phi) is 6.86. The van der Waals surface area contributed by atoms with Gasteiger partial charge in [0, 0.05) is 24.0 Å². The highest BCUT2D eigenvalue weighted by Crippen LogP contribution is 2.33. The summed E-state index contributed by atoms with van der Waals surface area (Å²) in [5.41, 5.74) is 1.49. The average Bonchev–Trinajstić information content (AvgIpc) is 3.20. The van der Waals surface area contributed by atoms with Gasteiger partial charge < -0.3 is 19.1 Å². The number of rotatable bonds is 7. The van der Waals surface area contributed by atoms with Gasteiger partial charge in [-0.3, -0.25) is 9.59 Å². The lowest BCUT2D eigenvalue weighted by Gasteiger charge is -2.26. The zero-order valence-corrected chi connectivity index (χ0v) is 16.9. The molecule has 0 atom stereocenters. The minimum absolute atomic E-state index is 0.0388. The molecule has 0 N–H and O–H groups in total. The van der Waals surface area contributed by atoms with Crippen molar-refractivity contribution in [1.82, 2.24) is 9.88 Å². The van der Waals surface area contributed by atoms with Crippen LogP contribution in [-0.4, -0.2) is 55.7 Å². The minimum atomic E-state index is -0.450. The fourth-order valence-corrected chi connectivity index (χ4v) is 3.88. The molecule has 150 valence electrons. The summed E-state index contributed by atoms with van der Waals surface area (Å²) in [7, 11) is 3.16. The zero-order valence-electron chi connectivity index (χ0n) is 16.1. The highest BCUT2D eigenvalue weighted by Gasteiger charge is 2.18. The van der Waals surface area contributed by atoms with Gasteiger partial charge in [-0.05, 0) is 37.5 Å². The van der Waals surface area contributed by atoms with Crippen molar-refractivity contribution in [3.05, 3.63) is 29.3 Å². The molecule has 7 nitrogen and oxygen atoms in total. The molecule has 0 radical (unpaired) electrons. The van der Waals surface area contributed by atoms with Crippen LogP contribution in [0.3, 0.4) is 0 Å². The van der Waals surface area contributed by atoms with Crippen LogP contribution in [0.5, 0.6) is 11.5 Å². The molecular formula is C20H24N2O5S. The number of carbonyl (C=O) groups is 2. The maximum Gasteiger partial charge on any atom is 0.312 e. The maximum absolute atomic E-state index is 12.1. The van der Waals surface area contributed by atoms with E-state index in [1.807, 2.05) is 23.6 Å². The van der Waals surface area contributed by atoms with E-state index in [4.69, 9.17) is 14.2 Å². The van der Waals surface area contributed by atoms with Crippen LogP contribution in [0.4, 0.5) is 0 Å². The van der Waals surface area contributed by atoms with E-state index < -0.39 is 5.97 Å². The number of esters is 1. The molecule has 0 bridgehead atoms. The summed E-state index contributed by atoms with van der Waals surface area (Å²) in [6, 6.07) is 5.55. The molecule has 1 amide bonds. The molecule has 1 aromatic heterocycles. The molecule has 0 saturated carbocycles. The Morgan fingerprint density at radius 1 is 1.11 bits per heavy atom. The Hall–Kier alpha value is -2.61. The molecular weight excluding hydrogens is 380 g/mol. The van der Waals surface area contributed by atoms with Gasteiger partial charge in [-0.15, -0.1) is 11.3 Å². The standard InChI is InChI=1S/C20H24N2O5S/c1-25-16-7-6-14(10-17(16)26-2)20-21-15(13-28-20)11-19(24)27-12-18(23)22-8-4-3-5-9-22/h6-7,10,13H,3-5,8-9,11-12H2,1-2H3. The number of carbonyl (C=O) groups excluding carboxylic acids is 2. The SMILES string of the molecule is COc1ccc(-c2nc(CC(=O)OCC(=O)N3CCCCC3)cs2)cc1OC. The summed E-state index contributed by atoms with van der Waals surface area (Å²) in [6.07, 6.45) is 3.21. The highest BCUT2D eigenvalue weighted by atomic mass is 32.1. The number of nitrogens with zero attached hydrogens (tertiary/aromatic N) is 2. The highest BCUT2D eigenvalue weighted by molar-refractivity contribution is 7.13. The van der Waals surface area contributed by atoms with E-state index in [0.717, 1.165) is 42.9 Å². The summed E-state index contributed by atoms with van der Waals surface area (Å²) < 4.78 is 15.7. The number of amides is 1. The molecule has 0 unspecified atom stereocenters. The van der Waals surface area contributed by atoms with Crippen LogP contribution >= 0.6 is 11.3 Å². The third-order valence-corrected chi connectivity index (χ3v) is 5.51. The Morgan fingerprint density at radius 3 is 2.57 bits per heavy atom. The quantitative estimate of drug-likeness (QED) is 0.661. The van der Waals surface area contributed by atoms with Crippen LogP contribution in [0.25, 0.3) is 10.6 Å². The minimum Gasteiger partial charge on any atom is -0.493 e. The molecule has 2 aromatic rings. The Labute approximate surface area is 168 Å². The number of thiazole rings is 1. The van der Waals surface area contributed by atoms with Crippen LogP contribution in [0.1, 0.15) is 25.0 Å². The number of benzene rings is 1. The van der Waals surface area contributed by atoms with E-state index in [2.05, 4.69) is 4.98 Å². The molecule has 1 aromatic carbocycles. The van der Waals surface area contributed by atoms with Gasteiger partial charge in [0.15, 0.2) is 18.1 Å². The van der Waals surface area contributed by atoms with Crippen molar-refractivity contribution in [1.29, 1.82) is 0 Å². The van der Waals surface area contributed by atoms with Gasteiger partial charge in [-0.25, -0.2) is 4.98 Å². The molecule has 0 aliphatic carbocycles. The predicted molar refractivity (Wildman–Crippen MR) is 106 cm³/mol. The molecule has 1 aliphatic rings. The van der Waals surface area contributed by atoms with Crippen molar-refractivity contribution in [3.8, 4) is 22.1 Å². The fraction of sp³-hybridized carbons (Fsp3) is 0.450. The number of likely N-dealkylation sites (tertiary alicyclic amines) is 1. The van der Waals surface area contributed by atoms with Crippen LogP contribution in [0.2, 0.25) is 0 Å². The number of methoxy groups -OCH3 is 2. The van der Waals surface area contributed by atoms with E-state index >= 15 is 0 Å². The van der Waals surface area contributed by atoms with Crippen LogP contribution in [-0.2, 0) is 20.7 Å². The van der Waals surface area contributed by atoms with Gasteiger partial charge in [0.2, 0.25) is 0 Å². The van der Waals surface area contributed by atoms with E-state index in [9.17, 15) is 9.59 Å². The van der Waals surface area contributed by atoms with Gasteiger partial charge in [-0.1, -0.05) is 0 Å². The molecule has 28 heavy (non-hydrogen) atoms. The number of aromatic nitrogens is 1. The first-order chi connectivity index (χ1) is 13.6. The molecule has 0 spiro atoms. The first-order valence-corrected chi connectivity index (χ1v) is 10.1. The van der Waals surface area contributed by atoms with Crippen LogP contribution < -0.4 is 9.47 Å². The Morgan fingerprint density at radius 2 is 1.86 bits per heavy atom. The summed E-state index contributed by atoms with van der Waals surface area (Å²) in [4.78, 5) is 30.4. The molecule has 1 aliphatic heterocycles. The maximum atomic E-state index is 12.1. The van der Waals surface area contributed by atoms with Crippen molar-refractivity contribution in [2.24, 2.45) is 0 Å². The first-order valence-electron chi connectivity index (χ1n) is 9.21. The summed E-state index contributed by atoms with van der Waals surface area (Å²) in [5.74, 6) is 0.684. The lowest BCUT2D eigenvalue weighted by Crippen LogP contribution is -2.38. The van der Waals surface area contributed by atoms with Crippen LogP contribution in [0, 0.1) is 0 Å². The molecule has 8 heteroatoms. The normalized spacial score (nSPS) is 13.9. The van der Waals surface area contributed by atoms with Crippen molar-refractivity contribution < 1.29 is 23.8 Å². The summed E-state index contributed by atoms with van der Waals surface area (Å²) in [5, 5.41) is 2.59. The molecule has 3 rings (SSSR count). The molecule has 1 saturated heterocycles.